The summed E-state index contributed by atoms with van der Waals surface area (Å²) in [6.45, 7) is 3.68. The molecule has 130 valence electrons. The second-order valence-electron chi connectivity index (χ2n) is 6.90. The van der Waals surface area contributed by atoms with Crippen LogP contribution in [0.25, 0.3) is 0 Å². The first kappa shape index (κ1) is 17.0. The van der Waals surface area contributed by atoms with Gasteiger partial charge in [0.05, 0.1) is 13.0 Å². The lowest BCUT2D eigenvalue weighted by atomic mass is 9.85. The van der Waals surface area contributed by atoms with E-state index in [1.165, 1.54) is 0 Å². The molecule has 1 unspecified atom stereocenters. The SMILES string of the molecule is Cc1ccccc1CC(=O)N1CCCC12CCCN(CCO)C2=O. The van der Waals surface area contributed by atoms with Gasteiger partial charge in [-0.05, 0) is 43.7 Å². The minimum absolute atomic E-state index is 0.0263. The minimum atomic E-state index is -0.673. The Hall–Kier alpha value is -1.88. The molecule has 1 atom stereocenters. The van der Waals surface area contributed by atoms with Crippen molar-refractivity contribution in [3.05, 3.63) is 35.4 Å². The summed E-state index contributed by atoms with van der Waals surface area (Å²) in [5.41, 5.74) is 1.46. The van der Waals surface area contributed by atoms with Crippen molar-refractivity contribution < 1.29 is 14.7 Å². The van der Waals surface area contributed by atoms with Gasteiger partial charge in [0, 0.05) is 19.6 Å². The van der Waals surface area contributed by atoms with Crippen LogP contribution in [0.15, 0.2) is 24.3 Å². The molecule has 2 aliphatic heterocycles. The quantitative estimate of drug-likeness (QED) is 0.910. The van der Waals surface area contributed by atoms with Gasteiger partial charge in [-0.3, -0.25) is 9.59 Å². The molecule has 2 heterocycles. The third kappa shape index (κ3) is 2.93. The number of likely N-dealkylation sites (tertiary alicyclic amines) is 2. The minimum Gasteiger partial charge on any atom is -0.395 e. The summed E-state index contributed by atoms with van der Waals surface area (Å²) in [6.07, 6.45) is 3.60. The highest BCUT2D eigenvalue weighted by molar-refractivity contribution is 5.93. The van der Waals surface area contributed by atoms with E-state index in [0.29, 0.717) is 26.1 Å². The van der Waals surface area contributed by atoms with Crippen LogP contribution >= 0.6 is 0 Å². The van der Waals surface area contributed by atoms with E-state index in [0.717, 1.165) is 36.8 Å². The van der Waals surface area contributed by atoms with Crippen LogP contribution in [0.1, 0.15) is 36.8 Å². The molecule has 2 amide bonds. The van der Waals surface area contributed by atoms with E-state index in [2.05, 4.69) is 0 Å². The van der Waals surface area contributed by atoms with Crippen molar-refractivity contribution in [2.45, 2.75) is 44.6 Å². The van der Waals surface area contributed by atoms with E-state index >= 15 is 0 Å². The number of aryl methyl sites for hydroxylation is 1. The van der Waals surface area contributed by atoms with Gasteiger partial charge in [0.15, 0.2) is 0 Å². The van der Waals surface area contributed by atoms with E-state index in [4.69, 9.17) is 0 Å². The third-order valence-electron chi connectivity index (χ3n) is 5.47. The van der Waals surface area contributed by atoms with Gasteiger partial charge in [-0.2, -0.15) is 0 Å². The normalized spacial score (nSPS) is 24.0. The van der Waals surface area contributed by atoms with E-state index in [1.807, 2.05) is 36.1 Å². The average Bonchev–Trinajstić information content (AvgIpc) is 2.99. The van der Waals surface area contributed by atoms with Gasteiger partial charge in [-0.1, -0.05) is 24.3 Å². The number of hydrogen-bond donors (Lipinski definition) is 1. The first-order valence-electron chi connectivity index (χ1n) is 8.84. The molecule has 2 fully saturated rings. The third-order valence-corrected chi connectivity index (χ3v) is 5.47. The summed E-state index contributed by atoms with van der Waals surface area (Å²) in [4.78, 5) is 29.5. The largest absolute Gasteiger partial charge is 0.395 e. The second kappa shape index (κ2) is 6.93. The first-order chi connectivity index (χ1) is 11.6. The Morgan fingerprint density at radius 2 is 1.92 bits per heavy atom. The molecular weight excluding hydrogens is 304 g/mol. The Kier molecular flexibility index (Phi) is 4.90. The molecule has 0 radical (unpaired) electrons. The Morgan fingerprint density at radius 3 is 2.62 bits per heavy atom. The number of rotatable bonds is 4. The highest BCUT2D eigenvalue weighted by atomic mass is 16.3. The Balaban J connectivity index is 1.80. The van der Waals surface area contributed by atoms with E-state index in [9.17, 15) is 14.7 Å². The van der Waals surface area contributed by atoms with Crippen molar-refractivity contribution in [1.82, 2.24) is 9.80 Å². The number of β-amino-alcohol motifs (C(OH)–C–C–N with tert-alkyl or cyclic N) is 1. The number of aliphatic hydroxyl groups is 1. The fourth-order valence-electron chi connectivity index (χ4n) is 4.19. The maximum absolute atomic E-state index is 13.0. The molecule has 2 aliphatic rings. The number of piperidine rings is 1. The van der Waals surface area contributed by atoms with Crippen molar-refractivity contribution in [2.75, 3.05) is 26.2 Å². The van der Waals surface area contributed by atoms with Crippen molar-refractivity contribution in [1.29, 1.82) is 0 Å². The fourth-order valence-corrected chi connectivity index (χ4v) is 4.19. The summed E-state index contributed by atoms with van der Waals surface area (Å²) < 4.78 is 0. The molecule has 0 saturated carbocycles. The molecule has 5 heteroatoms. The number of aliphatic hydroxyl groups excluding tert-OH is 1. The van der Waals surface area contributed by atoms with Crippen LogP contribution < -0.4 is 0 Å². The molecule has 1 aromatic carbocycles. The van der Waals surface area contributed by atoms with Crippen LogP contribution in [0.2, 0.25) is 0 Å². The number of carbonyl (C=O) groups excluding carboxylic acids is 2. The van der Waals surface area contributed by atoms with Crippen molar-refractivity contribution in [3.8, 4) is 0 Å². The van der Waals surface area contributed by atoms with Crippen LogP contribution in [0.3, 0.4) is 0 Å². The van der Waals surface area contributed by atoms with Crippen LogP contribution in [0, 0.1) is 6.92 Å². The molecule has 2 saturated heterocycles. The molecule has 1 spiro atoms. The standard InChI is InChI=1S/C19H26N2O3/c1-15-6-2-3-7-16(15)14-17(23)21-11-5-9-19(21)8-4-10-20(12-13-22)18(19)24/h2-3,6-7,22H,4-5,8-14H2,1H3. The van der Waals surface area contributed by atoms with Crippen LogP contribution in [-0.4, -0.2) is 58.5 Å². The van der Waals surface area contributed by atoms with E-state index in [1.54, 1.807) is 4.90 Å². The first-order valence-corrected chi connectivity index (χ1v) is 8.84. The number of benzene rings is 1. The second-order valence-corrected chi connectivity index (χ2v) is 6.90. The number of amides is 2. The van der Waals surface area contributed by atoms with Gasteiger partial charge in [0.25, 0.3) is 0 Å². The molecule has 5 nitrogen and oxygen atoms in total. The molecule has 24 heavy (non-hydrogen) atoms. The van der Waals surface area contributed by atoms with E-state index < -0.39 is 5.54 Å². The lowest BCUT2D eigenvalue weighted by Crippen LogP contribution is -2.61. The summed E-state index contributed by atoms with van der Waals surface area (Å²) in [5.74, 6) is 0.0689. The molecule has 1 N–H and O–H groups in total. The smallest absolute Gasteiger partial charge is 0.248 e. The maximum atomic E-state index is 13.0. The van der Waals surface area contributed by atoms with Gasteiger partial charge in [0.1, 0.15) is 5.54 Å². The molecule has 0 aliphatic carbocycles. The highest BCUT2D eigenvalue weighted by Crippen LogP contribution is 2.38. The number of nitrogens with zero attached hydrogens (tertiary/aromatic N) is 2. The zero-order chi connectivity index (χ0) is 17.2. The number of carbonyl (C=O) groups is 2. The van der Waals surface area contributed by atoms with Crippen LogP contribution in [0.5, 0.6) is 0 Å². The molecule has 0 aromatic heterocycles. The van der Waals surface area contributed by atoms with Gasteiger partial charge >= 0.3 is 0 Å². The lowest BCUT2D eigenvalue weighted by Gasteiger charge is -2.44. The average molecular weight is 330 g/mol. The Bertz CT molecular complexity index is 629. The van der Waals surface area contributed by atoms with Gasteiger partial charge < -0.3 is 14.9 Å². The van der Waals surface area contributed by atoms with Crippen molar-refractivity contribution in [2.24, 2.45) is 0 Å². The molecular formula is C19H26N2O3. The summed E-state index contributed by atoms with van der Waals surface area (Å²) in [7, 11) is 0. The maximum Gasteiger partial charge on any atom is 0.248 e. The van der Waals surface area contributed by atoms with Gasteiger partial charge in [-0.25, -0.2) is 0 Å². The topological polar surface area (TPSA) is 60.9 Å². The monoisotopic (exact) mass is 330 g/mol. The zero-order valence-electron chi connectivity index (χ0n) is 14.3. The molecule has 3 rings (SSSR count). The van der Waals surface area contributed by atoms with Crippen LogP contribution in [-0.2, 0) is 16.0 Å². The number of hydrogen-bond acceptors (Lipinski definition) is 3. The van der Waals surface area contributed by atoms with Crippen molar-refractivity contribution in [3.63, 3.8) is 0 Å². The zero-order valence-corrected chi connectivity index (χ0v) is 14.3. The molecule has 1 aromatic rings. The predicted octanol–water partition coefficient (Wildman–Crippen LogP) is 1.51. The van der Waals surface area contributed by atoms with Crippen LogP contribution in [0.4, 0.5) is 0 Å². The highest BCUT2D eigenvalue weighted by Gasteiger charge is 2.52. The van der Waals surface area contributed by atoms with E-state index in [-0.39, 0.29) is 18.4 Å². The van der Waals surface area contributed by atoms with Gasteiger partial charge in [0.2, 0.25) is 11.8 Å². The lowest BCUT2D eigenvalue weighted by molar-refractivity contribution is -0.155. The van der Waals surface area contributed by atoms with Crippen molar-refractivity contribution >= 4 is 11.8 Å². The Morgan fingerprint density at radius 1 is 1.21 bits per heavy atom. The predicted molar refractivity (Wildman–Crippen MR) is 91.5 cm³/mol. The fraction of sp³-hybridized carbons (Fsp3) is 0.579. The van der Waals surface area contributed by atoms with Gasteiger partial charge in [-0.15, -0.1) is 0 Å². The summed E-state index contributed by atoms with van der Waals surface area (Å²) in [6, 6.07) is 7.91. The molecule has 0 bridgehead atoms. The Labute approximate surface area is 143 Å². The summed E-state index contributed by atoms with van der Waals surface area (Å²) >= 11 is 0. The summed E-state index contributed by atoms with van der Waals surface area (Å²) in [5, 5.41) is 9.19.